The van der Waals surface area contributed by atoms with Crippen LogP contribution >= 0.6 is 0 Å². The van der Waals surface area contributed by atoms with E-state index in [1.165, 1.54) is 0 Å². The summed E-state index contributed by atoms with van der Waals surface area (Å²) < 4.78 is 0. The number of fused-ring (bicyclic) bond motifs is 1. The van der Waals surface area contributed by atoms with Gasteiger partial charge < -0.3 is 5.11 Å². The van der Waals surface area contributed by atoms with Crippen LogP contribution in [0.1, 0.15) is 28.4 Å². The maximum atomic E-state index is 11.2. The number of aliphatic imine (C=N–C) groups is 1. The van der Waals surface area contributed by atoms with E-state index in [4.69, 9.17) is 0 Å². The summed E-state index contributed by atoms with van der Waals surface area (Å²) in [5.41, 5.74) is 3.38. The molecule has 0 fully saturated rings. The first-order chi connectivity index (χ1) is 11.7. The Balaban J connectivity index is 2.19. The Labute approximate surface area is 140 Å². The Morgan fingerprint density at radius 2 is 1.79 bits per heavy atom. The highest BCUT2D eigenvalue weighted by Crippen LogP contribution is 2.30. The largest absolute Gasteiger partial charge is 0.507 e. The van der Waals surface area contributed by atoms with Gasteiger partial charge in [-0.1, -0.05) is 48.5 Å². The van der Waals surface area contributed by atoms with E-state index in [9.17, 15) is 9.90 Å². The van der Waals surface area contributed by atoms with Gasteiger partial charge in [0.2, 0.25) is 0 Å². The lowest BCUT2D eigenvalue weighted by molar-refractivity contribution is 0.112. The van der Waals surface area contributed by atoms with Gasteiger partial charge in [0.15, 0.2) is 6.29 Å². The molecule has 0 spiro atoms. The van der Waals surface area contributed by atoms with Crippen LogP contribution in [0.4, 0.5) is 0 Å². The molecule has 0 amide bonds. The van der Waals surface area contributed by atoms with E-state index in [0.29, 0.717) is 11.8 Å². The Kier molecular flexibility index (Phi) is 4.52. The van der Waals surface area contributed by atoms with E-state index in [1.807, 2.05) is 67.7 Å². The fourth-order valence-corrected chi connectivity index (χ4v) is 2.72. The molecule has 3 aromatic carbocycles. The summed E-state index contributed by atoms with van der Waals surface area (Å²) in [6, 6.07) is 19.2. The van der Waals surface area contributed by atoms with Crippen LogP contribution in [0.5, 0.6) is 5.75 Å². The van der Waals surface area contributed by atoms with Crippen LogP contribution in [-0.2, 0) is 0 Å². The van der Waals surface area contributed by atoms with Crippen molar-refractivity contribution >= 4 is 28.8 Å². The Morgan fingerprint density at radius 3 is 2.50 bits per heavy atom. The van der Waals surface area contributed by atoms with E-state index in [0.717, 1.165) is 27.5 Å². The van der Waals surface area contributed by atoms with Crippen LogP contribution in [0.25, 0.3) is 16.3 Å². The summed E-state index contributed by atoms with van der Waals surface area (Å²) in [6.07, 6.45) is 4.26. The highest BCUT2D eigenvalue weighted by Gasteiger charge is 2.09. The van der Waals surface area contributed by atoms with Crippen molar-refractivity contribution in [1.82, 2.24) is 0 Å². The van der Waals surface area contributed by atoms with Crippen molar-refractivity contribution < 1.29 is 9.90 Å². The van der Waals surface area contributed by atoms with Crippen molar-refractivity contribution in [2.45, 2.75) is 6.92 Å². The van der Waals surface area contributed by atoms with E-state index >= 15 is 0 Å². The van der Waals surface area contributed by atoms with Gasteiger partial charge in [0, 0.05) is 18.0 Å². The molecule has 3 rings (SSSR count). The second-order valence-electron chi connectivity index (χ2n) is 5.37. The lowest BCUT2D eigenvalue weighted by Gasteiger charge is -2.10. The van der Waals surface area contributed by atoms with Gasteiger partial charge in [-0.05, 0) is 41.0 Å². The summed E-state index contributed by atoms with van der Waals surface area (Å²) >= 11 is 0. The monoisotopic (exact) mass is 315 g/mol. The third kappa shape index (κ3) is 2.97. The molecule has 1 N–H and O–H groups in total. The normalized spacial score (nSPS) is 12.0. The van der Waals surface area contributed by atoms with Crippen LogP contribution in [0.3, 0.4) is 0 Å². The third-order valence-corrected chi connectivity index (χ3v) is 3.90. The van der Waals surface area contributed by atoms with Crippen molar-refractivity contribution in [3.8, 4) is 5.75 Å². The molecule has 0 unspecified atom stereocenters. The summed E-state index contributed by atoms with van der Waals surface area (Å²) in [5, 5.41) is 11.5. The average Bonchev–Trinajstić information content (AvgIpc) is 2.63. The number of phenols is 1. The number of aromatic hydroxyl groups is 1. The first-order valence-corrected chi connectivity index (χ1v) is 7.69. The molecule has 3 nitrogen and oxygen atoms in total. The smallest absolute Gasteiger partial charge is 0.154 e. The number of phenolic OH excluding ortho intramolecular Hbond substituents is 1. The van der Waals surface area contributed by atoms with Gasteiger partial charge in [-0.15, -0.1) is 0 Å². The SMILES string of the molecule is CC=N/C=C(\c1ccccc1)c1ccc2c(C=O)c(O)ccc2c1. The van der Waals surface area contributed by atoms with Crippen LogP contribution in [0.15, 0.2) is 71.9 Å². The van der Waals surface area contributed by atoms with Crippen molar-refractivity contribution in [2.75, 3.05) is 0 Å². The standard InChI is InChI=1S/C21H17NO2/c1-2-22-13-19(15-6-4-3-5-7-15)17-8-10-18-16(12-17)9-11-21(24)20(18)14-23/h2-14,24H,1H3/b19-13+,22-2?. The molecule has 0 aliphatic rings. The van der Waals surface area contributed by atoms with Crippen LogP contribution in [-0.4, -0.2) is 17.6 Å². The zero-order chi connectivity index (χ0) is 16.9. The maximum absolute atomic E-state index is 11.2. The zero-order valence-electron chi connectivity index (χ0n) is 13.3. The first-order valence-electron chi connectivity index (χ1n) is 7.69. The lowest BCUT2D eigenvalue weighted by atomic mass is 9.95. The van der Waals surface area contributed by atoms with Gasteiger partial charge in [-0.25, -0.2) is 0 Å². The fourth-order valence-electron chi connectivity index (χ4n) is 2.72. The van der Waals surface area contributed by atoms with E-state index < -0.39 is 0 Å². The topological polar surface area (TPSA) is 49.7 Å². The number of carbonyl (C=O) groups excluding carboxylic acids is 1. The molecule has 24 heavy (non-hydrogen) atoms. The molecule has 0 saturated heterocycles. The Morgan fingerprint density at radius 1 is 1.00 bits per heavy atom. The van der Waals surface area contributed by atoms with Gasteiger partial charge in [0.1, 0.15) is 5.75 Å². The molecule has 0 radical (unpaired) electrons. The number of rotatable bonds is 4. The van der Waals surface area contributed by atoms with Crippen molar-refractivity contribution in [3.05, 3.63) is 83.6 Å². The van der Waals surface area contributed by atoms with E-state index in [1.54, 1.807) is 12.3 Å². The van der Waals surface area contributed by atoms with E-state index in [2.05, 4.69) is 4.99 Å². The second-order valence-corrected chi connectivity index (χ2v) is 5.37. The van der Waals surface area contributed by atoms with Gasteiger partial charge in [0.25, 0.3) is 0 Å². The summed E-state index contributed by atoms with van der Waals surface area (Å²) in [5.74, 6) is -0.000317. The molecule has 3 aromatic rings. The highest BCUT2D eigenvalue weighted by atomic mass is 16.3. The van der Waals surface area contributed by atoms with Gasteiger partial charge in [0.05, 0.1) is 5.56 Å². The first kappa shape index (κ1) is 15.7. The van der Waals surface area contributed by atoms with Crippen LogP contribution < -0.4 is 0 Å². The number of aldehydes is 1. The minimum atomic E-state index is -0.000317. The highest BCUT2D eigenvalue weighted by molar-refractivity contribution is 6.02. The fraction of sp³-hybridized carbons (Fsp3) is 0.0476. The molecule has 0 bridgehead atoms. The van der Waals surface area contributed by atoms with Crippen LogP contribution in [0.2, 0.25) is 0 Å². The molecule has 118 valence electrons. The van der Waals surface area contributed by atoms with E-state index in [-0.39, 0.29) is 5.75 Å². The maximum Gasteiger partial charge on any atom is 0.154 e. The lowest BCUT2D eigenvalue weighted by Crippen LogP contribution is -1.90. The molecular formula is C21H17NO2. The zero-order valence-corrected chi connectivity index (χ0v) is 13.3. The summed E-state index contributed by atoms with van der Waals surface area (Å²) in [6.45, 7) is 1.87. The quantitative estimate of drug-likeness (QED) is 0.553. The summed E-state index contributed by atoms with van der Waals surface area (Å²) in [4.78, 5) is 15.5. The van der Waals surface area contributed by atoms with Gasteiger partial charge in [-0.3, -0.25) is 9.79 Å². The molecule has 0 aliphatic heterocycles. The molecule has 0 heterocycles. The molecule has 0 saturated carbocycles. The second kappa shape index (κ2) is 6.92. The Hall–Kier alpha value is -3.20. The van der Waals surface area contributed by atoms with Gasteiger partial charge in [-0.2, -0.15) is 0 Å². The predicted molar refractivity (Wildman–Crippen MR) is 98.7 cm³/mol. The number of hydrogen-bond donors (Lipinski definition) is 1. The molecule has 0 aliphatic carbocycles. The number of benzene rings is 3. The van der Waals surface area contributed by atoms with Crippen molar-refractivity contribution in [2.24, 2.45) is 4.99 Å². The Bertz CT molecular complexity index is 941. The predicted octanol–water partition coefficient (Wildman–Crippen LogP) is 4.84. The number of nitrogens with zero attached hydrogens (tertiary/aromatic N) is 1. The number of hydrogen-bond acceptors (Lipinski definition) is 3. The molecule has 0 atom stereocenters. The minimum Gasteiger partial charge on any atom is -0.507 e. The molecular weight excluding hydrogens is 298 g/mol. The average molecular weight is 315 g/mol. The van der Waals surface area contributed by atoms with Crippen molar-refractivity contribution in [3.63, 3.8) is 0 Å². The molecule has 0 aromatic heterocycles. The number of carbonyl (C=O) groups is 1. The summed E-state index contributed by atoms with van der Waals surface area (Å²) in [7, 11) is 0. The molecule has 3 heteroatoms. The third-order valence-electron chi connectivity index (χ3n) is 3.90. The van der Waals surface area contributed by atoms with Crippen molar-refractivity contribution in [1.29, 1.82) is 0 Å². The minimum absolute atomic E-state index is 0.000317. The van der Waals surface area contributed by atoms with Gasteiger partial charge >= 0.3 is 0 Å². The van der Waals surface area contributed by atoms with Crippen LogP contribution in [0, 0.1) is 0 Å².